The second-order valence-corrected chi connectivity index (χ2v) is 6.60. The van der Waals surface area contributed by atoms with Crippen LogP contribution in [0.4, 0.5) is 4.39 Å². The van der Waals surface area contributed by atoms with Gasteiger partial charge in [-0.25, -0.2) is 4.39 Å². The maximum absolute atomic E-state index is 14.1. The number of aliphatic hydroxyl groups is 1. The minimum Gasteiger partial charge on any atom is -0.396 e. The second kappa shape index (κ2) is 8.59. The molecule has 0 aliphatic rings. The van der Waals surface area contributed by atoms with Crippen molar-refractivity contribution in [2.24, 2.45) is 0 Å². The average Bonchev–Trinajstić information content (AvgIpc) is 2.44. The molecule has 7 heteroatoms. The first-order chi connectivity index (χ1) is 9.84. The van der Waals surface area contributed by atoms with E-state index in [1.54, 1.807) is 24.3 Å². The minimum atomic E-state index is -2.16. The molecule has 0 fully saturated rings. The van der Waals surface area contributed by atoms with Crippen LogP contribution >= 0.6 is 34.8 Å². The van der Waals surface area contributed by atoms with E-state index in [1.807, 2.05) is 6.07 Å². The van der Waals surface area contributed by atoms with Crippen molar-refractivity contribution in [3.63, 3.8) is 0 Å². The van der Waals surface area contributed by atoms with Gasteiger partial charge in [-0.15, -0.1) is 0 Å². The van der Waals surface area contributed by atoms with Gasteiger partial charge in [0.1, 0.15) is 5.83 Å². The Bertz CT molecular complexity index is 489. The van der Waals surface area contributed by atoms with Crippen LogP contribution in [0.25, 0.3) is 0 Å². The number of carbonyl (C=O) groups is 1. The summed E-state index contributed by atoms with van der Waals surface area (Å²) in [5, 5.41) is 11.1. The molecule has 2 N–H and O–H groups in total. The number of halogens is 4. The molecule has 1 unspecified atom stereocenters. The van der Waals surface area contributed by atoms with E-state index in [2.05, 4.69) is 5.32 Å². The summed E-state index contributed by atoms with van der Waals surface area (Å²) in [5.74, 6) is -1.49. The third kappa shape index (κ3) is 6.66. The lowest BCUT2D eigenvalue weighted by atomic mass is 10.0. The van der Waals surface area contributed by atoms with Gasteiger partial charge < -0.3 is 10.4 Å². The smallest absolute Gasteiger partial charge is 0.272 e. The summed E-state index contributed by atoms with van der Waals surface area (Å²) in [6, 6.07) is 8.08. The largest absolute Gasteiger partial charge is 0.396 e. The van der Waals surface area contributed by atoms with Crippen LogP contribution < -0.4 is 5.32 Å². The van der Waals surface area contributed by atoms with Crippen LogP contribution in [-0.4, -0.2) is 27.5 Å². The second-order valence-electron chi connectivity index (χ2n) is 4.31. The zero-order valence-electron chi connectivity index (χ0n) is 11.0. The van der Waals surface area contributed by atoms with E-state index < -0.39 is 21.6 Å². The highest BCUT2D eigenvalue weighted by Gasteiger charge is 2.33. The number of aliphatic hydroxyl groups excluding tert-OH is 1. The predicted molar refractivity (Wildman–Crippen MR) is 83.3 cm³/mol. The summed E-state index contributed by atoms with van der Waals surface area (Å²) < 4.78 is 11.9. The molecule has 116 valence electrons. The van der Waals surface area contributed by atoms with Gasteiger partial charge in [0.15, 0.2) is 0 Å². The van der Waals surface area contributed by atoms with Gasteiger partial charge in [0, 0.05) is 6.61 Å². The summed E-state index contributed by atoms with van der Waals surface area (Å²) in [5.41, 5.74) is 0.819. The van der Waals surface area contributed by atoms with Crippen LogP contribution in [0, 0.1) is 0 Å². The van der Waals surface area contributed by atoms with Crippen molar-refractivity contribution in [2.75, 3.05) is 6.61 Å². The molecule has 0 saturated heterocycles. The maximum Gasteiger partial charge on any atom is 0.272 e. The van der Waals surface area contributed by atoms with Gasteiger partial charge in [-0.05, 0) is 24.5 Å². The summed E-state index contributed by atoms with van der Waals surface area (Å²) in [7, 11) is 0. The van der Waals surface area contributed by atoms with Crippen molar-refractivity contribution >= 4 is 40.7 Å². The molecule has 0 radical (unpaired) electrons. The van der Waals surface area contributed by atoms with E-state index in [0.29, 0.717) is 0 Å². The summed E-state index contributed by atoms with van der Waals surface area (Å²) >= 11 is 16.4. The monoisotopic (exact) mass is 353 g/mol. The van der Waals surface area contributed by atoms with Gasteiger partial charge in [-0.1, -0.05) is 65.1 Å². The fourth-order valence-corrected chi connectivity index (χ4v) is 1.82. The molecule has 1 atom stereocenters. The zero-order valence-corrected chi connectivity index (χ0v) is 13.3. The van der Waals surface area contributed by atoms with Crippen LogP contribution in [-0.2, 0) is 11.2 Å². The molecule has 0 aromatic heterocycles. The number of alkyl halides is 3. The van der Waals surface area contributed by atoms with Crippen LogP contribution in [0.5, 0.6) is 0 Å². The Labute approximate surface area is 137 Å². The lowest BCUT2D eigenvalue weighted by Crippen LogP contribution is -2.43. The van der Waals surface area contributed by atoms with Crippen molar-refractivity contribution < 1.29 is 14.3 Å². The Balaban J connectivity index is 2.87. The Kier molecular flexibility index (Phi) is 7.46. The van der Waals surface area contributed by atoms with Crippen molar-refractivity contribution in [3.05, 3.63) is 47.8 Å². The third-order valence-corrected chi connectivity index (χ3v) is 3.16. The van der Waals surface area contributed by atoms with E-state index in [4.69, 9.17) is 39.9 Å². The first kappa shape index (κ1) is 18.2. The van der Waals surface area contributed by atoms with Crippen molar-refractivity contribution in [1.29, 1.82) is 0 Å². The number of amides is 1. The van der Waals surface area contributed by atoms with Gasteiger partial charge in [0.2, 0.25) is 0 Å². The first-order valence-corrected chi connectivity index (χ1v) is 7.36. The minimum absolute atomic E-state index is 0.140. The SMILES string of the molecule is O=C(NC(Cc1ccccc1)/C(F)=C\CCO)C(Cl)(Cl)Cl. The lowest BCUT2D eigenvalue weighted by molar-refractivity contribution is -0.120. The highest BCUT2D eigenvalue weighted by atomic mass is 35.6. The Morgan fingerprint density at radius 1 is 1.33 bits per heavy atom. The standard InChI is InChI=1S/C14H15Cl3FNO2/c15-14(16,17)13(21)19-12(11(18)7-4-8-20)9-10-5-2-1-3-6-10/h1-3,5-7,12,20H,4,8-9H2,(H,19,21)/b11-7+. The number of benzene rings is 1. The van der Waals surface area contributed by atoms with Crippen LogP contribution in [0.2, 0.25) is 0 Å². The van der Waals surface area contributed by atoms with Crippen LogP contribution in [0.3, 0.4) is 0 Å². The molecule has 21 heavy (non-hydrogen) atoms. The third-order valence-electron chi connectivity index (χ3n) is 2.65. The van der Waals surface area contributed by atoms with E-state index in [9.17, 15) is 9.18 Å². The molecule has 0 spiro atoms. The average molecular weight is 355 g/mol. The molecule has 0 bridgehead atoms. The first-order valence-electron chi connectivity index (χ1n) is 6.22. The molecular weight excluding hydrogens is 340 g/mol. The topological polar surface area (TPSA) is 49.3 Å². The molecule has 1 amide bonds. The molecule has 0 heterocycles. The Morgan fingerprint density at radius 2 is 1.95 bits per heavy atom. The lowest BCUT2D eigenvalue weighted by Gasteiger charge is -2.20. The van der Waals surface area contributed by atoms with Gasteiger partial charge in [-0.3, -0.25) is 4.79 Å². The Hall–Kier alpha value is -0.810. The highest BCUT2D eigenvalue weighted by Crippen LogP contribution is 2.26. The maximum atomic E-state index is 14.1. The molecule has 0 saturated carbocycles. The van der Waals surface area contributed by atoms with Gasteiger partial charge in [0.25, 0.3) is 9.70 Å². The number of hydrogen-bond donors (Lipinski definition) is 2. The molecule has 0 aliphatic heterocycles. The predicted octanol–water partition coefficient (Wildman–Crippen LogP) is 3.32. The van der Waals surface area contributed by atoms with Crippen LogP contribution in [0.1, 0.15) is 12.0 Å². The van der Waals surface area contributed by atoms with Crippen molar-refractivity contribution in [2.45, 2.75) is 22.7 Å². The molecular formula is C14H15Cl3FNO2. The fraction of sp³-hybridized carbons (Fsp3) is 0.357. The molecule has 1 aromatic rings. The molecule has 0 aliphatic carbocycles. The summed E-state index contributed by atoms with van der Waals surface area (Å²) in [6.07, 6.45) is 1.55. The quantitative estimate of drug-likeness (QED) is 0.770. The van der Waals surface area contributed by atoms with Crippen molar-refractivity contribution in [3.8, 4) is 0 Å². The normalized spacial score (nSPS) is 13.9. The van der Waals surface area contributed by atoms with Crippen LogP contribution in [0.15, 0.2) is 42.2 Å². The van der Waals surface area contributed by atoms with E-state index in [0.717, 1.165) is 5.56 Å². The van der Waals surface area contributed by atoms with E-state index >= 15 is 0 Å². The molecule has 1 rings (SSSR count). The van der Waals surface area contributed by atoms with E-state index in [1.165, 1.54) is 6.08 Å². The summed E-state index contributed by atoms with van der Waals surface area (Å²) in [4.78, 5) is 11.7. The van der Waals surface area contributed by atoms with Gasteiger partial charge in [-0.2, -0.15) is 0 Å². The Morgan fingerprint density at radius 3 is 2.48 bits per heavy atom. The highest BCUT2D eigenvalue weighted by molar-refractivity contribution is 6.76. The van der Waals surface area contributed by atoms with Gasteiger partial charge in [0.05, 0.1) is 6.04 Å². The fourth-order valence-electron chi connectivity index (χ4n) is 1.65. The van der Waals surface area contributed by atoms with E-state index in [-0.39, 0.29) is 19.4 Å². The molecule has 1 aromatic carbocycles. The van der Waals surface area contributed by atoms with Crippen molar-refractivity contribution in [1.82, 2.24) is 5.32 Å². The number of rotatable bonds is 6. The number of carbonyl (C=O) groups excluding carboxylic acids is 1. The van der Waals surface area contributed by atoms with Gasteiger partial charge >= 0.3 is 0 Å². The summed E-state index contributed by atoms with van der Waals surface area (Å²) in [6.45, 7) is -0.191. The molecule has 3 nitrogen and oxygen atoms in total. The number of hydrogen-bond acceptors (Lipinski definition) is 2. The number of nitrogens with one attached hydrogen (secondary N) is 1. The zero-order chi connectivity index (χ0) is 15.9.